The minimum atomic E-state index is -1.38. The van der Waals surface area contributed by atoms with E-state index in [1.165, 1.54) is 0 Å². The van der Waals surface area contributed by atoms with Crippen LogP contribution in [0.5, 0.6) is 0 Å². The molecule has 6 nitrogen and oxygen atoms in total. The van der Waals surface area contributed by atoms with Crippen LogP contribution in [0, 0.1) is 0 Å². The highest BCUT2D eigenvalue weighted by Crippen LogP contribution is 2.22. The number of aliphatic hydroxyl groups is 4. The summed E-state index contributed by atoms with van der Waals surface area (Å²) in [4.78, 5) is 0. The number of allylic oxidation sites excluding steroid dienone is 1. The predicted molar refractivity (Wildman–Crippen MR) is 73.0 cm³/mol. The Morgan fingerprint density at radius 1 is 1.00 bits per heavy atom. The standard InChI is InChI=1S/C14H26O6/c1-2-3-4-5-6-7-8-19-14-13(18)12(17)11(16)10(9-15)20-14/h2,10-18H,1,3-9H2/t10-,11+,12-,13+,14-/m1/s1. The summed E-state index contributed by atoms with van der Waals surface area (Å²) in [5.74, 6) is 0. The molecule has 6 heteroatoms. The highest BCUT2D eigenvalue weighted by atomic mass is 16.7. The summed E-state index contributed by atoms with van der Waals surface area (Å²) in [5, 5.41) is 38.0. The molecule has 0 unspecified atom stereocenters. The summed E-state index contributed by atoms with van der Waals surface area (Å²) < 4.78 is 10.6. The fourth-order valence-electron chi connectivity index (χ4n) is 2.15. The molecule has 0 bridgehead atoms. The number of unbranched alkanes of at least 4 members (excludes halogenated alkanes) is 4. The van der Waals surface area contributed by atoms with Crippen LogP contribution >= 0.6 is 0 Å². The van der Waals surface area contributed by atoms with Crippen LogP contribution in [0.15, 0.2) is 12.7 Å². The summed E-state index contributed by atoms with van der Waals surface area (Å²) >= 11 is 0. The Kier molecular flexibility index (Phi) is 8.28. The summed E-state index contributed by atoms with van der Waals surface area (Å²) in [6, 6.07) is 0. The third-order valence-corrected chi connectivity index (χ3v) is 3.43. The van der Waals surface area contributed by atoms with Crippen molar-refractivity contribution in [3.8, 4) is 0 Å². The van der Waals surface area contributed by atoms with Crippen LogP contribution in [0.1, 0.15) is 32.1 Å². The molecule has 1 rings (SSSR count). The Hall–Kier alpha value is -0.500. The van der Waals surface area contributed by atoms with Crippen molar-refractivity contribution in [2.45, 2.75) is 62.8 Å². The van der Waals surface area contributed by atoms with Crippen LogP contribution in [0.2, 0.25) is 0 Å². The van der Waals surface area contributed by atoms with Crippen molar-refractivity contribution >= 4 is 0 Å². The molecule has 0 aromatic carbocycles. The van der Waals surface area contributed by atoms with Crippen LogP contribution < -0.4 is 0 Å². The first-order valence-electron chi connectivity index (χ1n) is 7.14. The zero-order valence-corrected chi connectivity index (χ0v) is 11.7. The lowest BCUT2D eigenvalue weighted by atomic mass is 9.99. The van der Waals surface area contributed by atoms with Crippen LogP contribution in [0.4, 0.5) is 0 Å². The Labute approximate surface area is 119 Å². The van der Waals surface area contributed by atoms with Gasteiger partial charge >= 0.3 is 0 Å². The molecule has 20 heavy (non-hydrogen) atoms. The second-order valence-corrected chi connectivity index (χ2v) is 5.06. The lowest BCUT2D eigenvalue weighted by Gasteiger charge is -2.39. The van der Waals surface area contributed by atoms with E-state index < -0.39 is 37.3 Å². The van der Waals surface area contributed by atoms with Crippen molar-refractivity contribution in [2.75, 3.05) is 13.2 Å². The van der Waals surface area contributed by atoms with Crippen LogP contribution in [0.25, 0.3) is 0 Å². The maximum Gasteiger partial charge on any atom is 0.186 e. The Morgan fingerprint density at radius 2 is 1.70 bits per heavy atom. The van der Waals surface area contributed by atoms with Gasteiger partial charge in [-0.05, 0) is 19.3 Å². The average molecular weight is 290 g/mol. The van der Waals surface area contributed by atoms with Crippen LogP contribution in [0.3, 0.4) is 0 Å². The molecule has 0 amide bonds. The zero-order valence-electron chi connectivity index (χ0n) is 11.7. The van der Waals surface area contributed by atoms with E-state index in [0.717, 1.165) is 32.1 Å². The molecule has 1 fully saturated rings. The molecular weight excluding hydrogens is 264 g/mol. The molecular formula is C14H26O6. The van der Waals surface area contributed by atoms with E-state index in [9.17, 15) is 15.3 Å². The Balaban J connectivity index is 2.23. The van der Waals surface area contributed by atoms with E-state index in [1.807, 2.05) is 6.08 Å². The second kappa shape index (κ2) is 9.44. The number of hydrogen-bond donors (Lipinski definition) is 4. The SMILES string of the molecule is C=CCCCCCCO[C@@H]1O[C@H](CO)[C@H](O)[C@@H](O)[C@@H]1O. The van der Waals surface area contributed by atoms with Gasteiger partial charge in [-0.3, -0.25) is 0 Å². The number of ether oxygens (including phenoxy) is 2. The Morgan fingerprint density at radius 3 is 2.35 bits per heavy atom. The van der Waals surface area contributed by atoms with Gasteiger partial charge in [0.25, 0.3) is 0 Å². The highest BCUT2D eigenvalue weighted by molar-refractivity contribution is 4.88. The topological polar surface area (TPSA) is 99.4 Å². The van der Waals surface area contributed by atoms with Gasteiger partial charge in [-0.1, -0.05) is 18.9 Å². The maximum absolute atomic E-state index is 9.74. The summed E-state index contributed by atoms with van der Waals surface area (Å²) in [6.07, 6.45) is 0.966. The zero-order chi connectivity index (χ0) is 15.0. The average Bonchev–Trinajstić information content (AvgIpc) is 2.46. The van der Waals surface area contributed by atoms with Gasteiger partial charge in [0.15, 0.2) is 6.29 Å². The second-order valence-electron chi connectivity index (χ2n) is 5.06. The fraction of sp³-hybridized carbons (Fsp3) is 0.857. The van der Waals surface area contributed by atoms with Gasteiger partial charge in [0.05, 0.1) is 6.61 Å². The molecule has 0 radical (unpaired) electrons. The highest BCUT2D eigenvalue weighted by Gasteiger charge is 2.43. The van der Waals surface area contributed by atoms with Gasteiger partial charge < -0.3 is 29.9 Å². The third kappa shape index (κ3) is 5.12. The minimum absolute atomic E-state index is 0.400. The van der Waals surface area contributed by atoms with Gasteiger partial charge in [0.2, 0.25) is 0 Å². The first kappa shape index (κ1) is 17.6. The molecule has 1 aliphatic rings. The molecule has 4 N–H and O–H groups in total. The van der Waals surface area contributed by atoms with E-state index in [-0.39, 0.29) is 0 Å². The molecule has 0 aromatic heterocycles. The van der Waals surface area contributed by atoms with Gasteiger partial charge in [-0.15, -0.1) is 6.58 Å². The van der Waals surface area contributed by atoms with Crippen molar-refractivity contribution < 1.29 is 29.9 Å². The summed E-state index contributed by atoms with van der Waals surface area (Å²) in [6.45, 7) is 3.62. The van der Waals surface area contributed by atoms with Gasteiger partial charge in [-0.25, -0.2) is 0 Å². The van der Waals surface area contributed by atoms with E-state index in [2.05, 4.69) is 6.58 Å². The molecule has 1 aliphatic heterocycles. The van der Waals surface area contributed by atoms with Crippen molar-refractivity contribution in [2.24, 2.45) is 0 Å². The molecule has 1 saturated heterocycles. The molecule has 118 valence electrons. The van der Waals surface area contributed by atoms with Gasteiger partial charge in [-0.2, -0.15) is 0 Å². The Bertz CT molecular complexity index is 270. The number of hydrogen-bond acceptors (Lipinski definition) is 6. The van der Waals surface area contributed by atoms with E-state index in [4.69, 9.17) is 14.6 Å². The van der Waals surface area contributed by atoms with Crippen molar-refractivity contribution in [3.05, 3.63) is 12.7 Å². The lowest BCUT2D eigenvalue weighted by Crippen LogP contribution is -2.59. The number of rotatable bonds is 9. The van der Waals surface area contributed by atoms with Gasteiger partial charge in [0, 0.05) is 6.61 Å². The largest absolute Gasteiger partial charge is 0.394 e. The van der Waals surface area contributed by atoms with Crippen molar-refractivity contribution in [1.82, 2.24) is 0 Å². The van der Waals surface area contributed by atoms with E-state index in [0.29, 0.717) is 6.61 Å². The fourth-order valence-corrected chi connectivity index (χ4v) is 2.15. The predicted octanol–water partition coefficient (Wildman–Crippen LogP) is -0.0606. The monoisotopic (exact) mass is 290 g/mol. The van der Waals surface area contributed by atoms with Crippen LogP contribution in [-0.2, 0) is 9.47 Å². The van der Waals surface area contributed by atoms with Gasteiger partial charge in [0.1, 0.15) is 24.4 Å². The quantitative estimate of drug-likeness (QED) is 0.351. The van der Waals surface area contributed by atoms with Crippen LogP contribution in [-0.4, -0.2) is 64.3 Å². The molecule has 0 saturated carbocycles. The summed E-state index contributed by atoms with van der Waals surface area (Å²) in [7, 11) is 0. The first-order chi connectivity index (χ1) is 9.61. The van der Waals surface area contributed by atoms with Crippen molar-refractivity contribution in [3.63, 3.8) is 0 Å². The normalized spacial score (nSPS) is 34.1. The molecule has 0 aromatic rings. The number of aliphatic hydroxyl groups excluding tert-OH is 4. The van der Waals surface area contributed by atoms with E-state index >= 15 is 0 Å². The third-order valence-electron chi connectivity index (χ3n) is 3.43. The van der Waals surface area contributed by atoms with E-state index in [1.54, 1.807) is 0 Å². The van der Waals surface area contributed by atoms with Crippen molar-refractivity contribution in [1.29, 1.82) is 0 Å². The molecule has 0 aliphatic carbocycles. The molecule has 1 heterocycles. The smallest absolute Gasteiger partial charge is 0.186 e. The first-order valence-corrected chi connectivity index (χ1v) is 7.14. The molecule has 0 spiro atoms. The maximum atomic E-state index is 9.74. The minimum Gasteiger partial charge on any atom is -0.394 e. The molecule has 5 atom stereocenters. The lowest BCUT2D eigenvalue weighted by molar-refractivity contribution is -0.301. The summed E-state index contributed by atoms with van der Waals surface area (Å²) in [5.41, 5.74) is 0.